The van der Waals surface area contributed by atoms with E-state index in [1.807, 2.05) is 31.3 Å². The van der Waals surface area contributed by atoms with Crippen LogP contribution >= 0.6 is 0 Å². The zero-order chi connectivity index (χ0) is 13.8. The first kappa shape index (κ1) is 13.3. The van der Waals surface area contributed by atoms with Crippen molar-refractivity contribution in [3.8, 4) is 5.69 Å². The maximum atomic E-state index is 5.72. The number of nitrogens with zero attached hydrogens (tertiary/aromatic N) is 2. The largest absolute Gasteiger partial charge is 0.300 e. The van der Waals surface area contributed by atoms with E-state index in [2.05, 4.69) is 27.2 Å². The Labute approximate surface area is 119 Å². The van der Waals surface area contributed by atoms with Gasteiger partial charge in [-0.25, -0.2) is 4.98 Å². The Kier molecular flexibility index (Phi) is 4.14. The second-order valence-electron chi connectivity index (χ2n) is 5.31. The molecule has 1 aromatic heterocycles. The van der Waals surface area contributed by atoms with Crippen LogP contribution in [0, 0.1) is 6.92 Å². The molecule has 0 radical (unpaired) electrons. The molecule has 106 valence electrons. The number of nitrogens with one attached hydrogen (secondary N) is 1. The minimum Gasteiger partial charge on any atom is -0.300 e. The van der Waals surface area contributed by atoms with Crippen LogP contribution in [0.3, 0.4) is 0 Å². The number of aromatic nitrogens is 2. The van der Waals surface area contributed by atoms with Gasteiger partial charge in [0.1, 0.15) is 5.82 Å². The predicted octanol–water partition coefficient (Wildman–Crippen LogP) is 3.14. The summed E-state index contributed by atoms with van der Waals surface area (Å²) in [7, 11) is 0. The highest BCUT2D eigenvalue weighted by Gasteiger charge is 2.16. The lowest BCUT2D eigenvalue weighted by molar-refractivity contribution is -0.0250. The summed E-state index contributed by atoms with van der Waals surface area (Å²) in [5.41, 5.74) is 5.36. The summed E-state index contributed by atoms with van der Waals surface area (Å²) in [6, 6.07) is 10.3. The first-order chi connectivity index (χ1) is 9.84. The predicted molar refractivity (Wildman–Crippen MR) is 78.5 cm³/mol. The van der Waals surface area contributed by atoms with Crippen LogP contribution in [0.5, 0.6) is 0 Å². The van der Waals surface area contributed by atoms with Crippen LogP contribution < -0.4 is 5.48 Å². The number of aryl methyl sites for hydroxylation is 1. The van der Waals surface area contributed by atoms with Crippen molar-refractivity contribution in [1.29, 1.82) is 0 Å². The van der Waals surface area contributed by atoms with Crippen LogP contribution in [0.4, 0.5) is 0 Å². The van der Waals surface area contributed by atoms with Gasteiger partial charge < -0.3 is 0 Å². The van der Waals surface area contributed by atoms with E-state index in [4.69, 9.17) is 4.84 Å². The van der Waals surface area contributed by atoms with Crippen molar-refractivity contribution in [2.45, 2.75) is 45.3 Å². The highest BCUT2D eigenvalue weighted by atomic mass is 16.7. The molecule has 4 nitrogen and oxygen atoms in total. The van der Waals surface area contributed by atoms with Gasteiger partial charge in [0.05, 0.1) is 24.5 Å². The van der Waals surface area contributed by atoms with Crippen molar-refractivity contribution in [2.24, 2.45) is 0 Å². The van der Waals surface area contributed by atoms with Crippen LogP contribution in [0.1, 0.15) is 37.2 Å². The molecule has 1 N–H and O–H groups in total. The Bertz CT molecular complexity index is 544. The van der Waals surface area contributed by atoms with Crippen molar-refractivity contribution < 1.29 is 4.84 Å². The molecule has 4 heteroatoms. The molecule has 0 saturated heterocycles. The van der Waals surface area contributed by atoms with Crippen LogP contribution in [-0.4, -0.2) is 15.7 Å². The Morgan fingerprint density at radius 1 is 1.25 bits per heavy atom. The number of benzene rings is 1. The zero-order valence-electron chi connectivity index (χ0n) is 11.9. The van der Waals surface area contributed by atoms with Gasteiger partial charge in [0.25, 0.3) is 0 Å². The summed E-state index contributed by atoms with van der Waals surface area (Å²) < 4.78 is 2.16. The minimum absolute atomic E-state index is 0.379. The number of hydroxylamine groups is 1. The smallest absolute Gasteiger partial charge is 0.110 e. The number of imidazole rings is 1. The van der Waals surface area contributed by atoms with E-state index in [0.29, 0.717) is 12.6 Å². The highest BCUT2D eigenvalue weighted by Crippen LogP contribution is 2.20. The van der Waals surface area contributed by atoms with Crippen molar-refractivity contribution in [2.75, 3.05) is 0 Å². The highest BCUT2D eigenvalue weighted by molar-refractivity contribution is 5.35. The molecule has 0 spiro atoms. The third-order valence-electron chi connectivity index (χ3n) is 3.83. The van der Waals surface area contributed by atoms with Crippen LogP contribution in [-0.2, 0) is 11.4 Å². The molecular formula is C16H21N3O. The van der Waals surface area contributed by atoms with E-state index in [1.165, 1.54) is 25.7 Å². The summed E-state index contributed by atoms with van der Waals surface area (Å²) in [6.45, 7) is 2.70. The summed E-state index contributed by atoms with van der Waals surface area (Å²) >= 11 is 0. The van der Waals surface area contributed by atoms with Gasteiger partial charge in [-0.3, -0.25) is 9.40 Å². The molecule has 1 aliphatic carbocycles. The molecule has 1 aromatic carbocycles. The zero-order valence-corrected chi connectivity index (χ0v) is 11.9. The van der Waals surface area contributed by atoms with Gasteiger partial charge in [-0.05, 0) is 31.9 Å². The summed E-state index contributed by atoms with van der Waals surface area (Å²) in [5.74, 6) is 0.994. The van der Waals surface area contributed by atoms with Crippen LogP contribution in [0.15, 0.2) is 36.5 Å². The first-order valence-corrected chi connectivity index (χ1v) is 7.32. The fourth-order valence-electron chi connectivity index (χ4n) is 2.79. The number of hydrogen-bond donors (Lipinski definition) is 1. The minimum atomic E-state index is 0.379. The summed E-state index contributed by atoms with van der Waals surface area (Å²) in [6.07, 6.45) is 7.20. The molecule has 1 heterocycles. The number of rotatable bonds is 5. The second-order valence-corrected chi connectivity index (χ2v) is 5.31. The molecular weight excluding hydrogens is 250 g/mol. The molecule has 0 atom stereocenters. The lowest BCUT2D eigenvalue weighted by Gasteiger charge is -2.14. The van der Waals surface area contributed by atoms with E-state index in [9.17, 15) is 0 Å². The van der Waals surface area contributed by atoms with Crippen molar-refractivity contribution in [3.05, 3.63) is 48.0 Å². The molecule has 20 heavy (non-hydrogen) atoms. The Morgan fingerprint density at radius 3 is 2.75 bits per heavy atom. The van der Waals surface area contributed by atoms with Gasteiger partial charge in [-0.2, -0.15) is 5.48 Å². The number of hydrogen-bond acceptors (Lipinski definition) is 3. The molecule has 0 bridgehead atoms. The maximum Gasteiger partial charge on any atom is 0.110 e. The lowest BCUT2D eigenvalue weighted by atomic mass is 10.3. The molecule has 0 unspecified atom stereocenters. The summed E-state index contributed by atoms with van der Waals surface area (Å²) in [4.78, 5) is 10.1. The van der Waals surface area contributed by atoms with Gasteiger partial charge in [0, 0.05) is 5.69 Å². The van der Waals surface area contributed by atoms with E-state index in [1.54, 1.807) is 0 Å². The average Bonchev–Trinajstić information content (AvgIpc) is 3.10. The third-order valence-corrected chi connectivity index (χ3v) is 3.83. The van der Waals surface area contributed by atoms with Crippen molar-refractivity contribution in [1.82, 2.24) is 15.0 Å². The van der Waals surface area contributed by atoms with E-state index < -0.39 is 0 Å². The van der Waals surface area contributed by atoms with E-state index in [0.717, 1.165) is 17.2 Å². The van der Waals surface area contributed by atoms with Gasteiger partial charge in [0.2, 0.25) is 0 Å². The lowest BCUT2D eigenvalue weighted by Crippen LogP contribution is -2.22. The van der Waals surface area contributed by atoms with Gasteiger partial charge >= 0.3 is 0 Å². The van der Waals surface area contributed by atoms with E-state index >= 15 is 0 Å². The quantitative estimate of drug-likeness (QED) is 0.849. The Balaban J connectivity index is 1.67. The van der Waals surface area contributed by atoms with Crippen molar-refractivity contribution >= 4 is 0 Å². The number of para-hydroxylation sites is 1. The topological polar surface area (TPSA) is 39.1 Å². The SMILES string of the molecule is Cc1ncc(CNOC2CCCC2)n1-c1ccccc1. The van der Waals surface area contributed by atoms with Crippen LogP contribution in [0.2, 0.25) is 0 Å². The molecule has 1 aliphatic rings. The maximum absolute atomic E-state index is 5.72. The molecule has 1 fully saturated rings. The van der Waals surface area contributed by atoms with Gasteiger partial charge in [-0.1, -0.05) is 31.0 Å². The van der Waals surface area contributed by atoms with Crippen LogP contribution in [0.25, 0.3) is 5.69 Å². The molecule has 2 aromatic rings. The molecule has 0 aliphatic heterocycles. The fraction of sp³-hybridized carbons (Fsp3) is 0.438. The first-order valence-electron chi connectivity index (χ1n) is 7.32. The standard InChI is InChI=1S/C16H21N3O/c1-13-17-11-15(12-18-20-16-9-5-6-10-16)19(13)14-7-3-2-4-8-14/h2-4,7-8,11,16,18H,5-6,9-10,12H2,1H3. The monoisotopic (exact) mass is 271 g/mol. The van der Waals surface area contributed by atoms with Crippen molar-refractivity contribution in [3.63, 3.8) is 0 Å². The Morgan fingerprint density at radius 2 is 2.00 bits per heavy atom. The fourth-order valence-corrected chi connectivity index (χ4v) is 2.79. The normalized spacial score (nSPS) is 15.8. The summed E-state index contributed by atoms with van der Waals surface area (Å²) in [5, 5.41) is 0. The second kappa shape index (κ2) is 6.20. The average molecular weight is 271 g/mol. The van der Waals surface area contributed by atoms with Gasteiger partial charge in [-0.15, -0.1) is 0 Å². The van der Waals surface area contributed by atoms with E-state index in [-0.39, 0.29) is 0 Å². The molecule has 3 rings (SSSR count). The molecule has 0 amide bonds. The third kappa shape index (κ3) is 2.92. The Hall–Kier alpha value is -1.65. The van der Waals surface area contributed by atoms with Gasteiger partial charge in [0.15, 0.2) is 0 Å². The molecule has 1 saturated carbocycles.